The highest BCUT2D eigenvalue weighted by Crippen LogP contribution is 2.30. The van der Waals surface area contributed by atoms with Crippen LogP contribution in [0.15, 0.2) is 48.5 Å². The first-order valence-corrected chi connectivity index (χ1v) is 8.01. The molecule has 0 radical (unpaired) electrons. The predicted octanol–water partition coefficient (Wildman–Crippen LogP) is -0.249. The van der Waals surface area contributed by atoms with E-state index in [2.05, 4.69) is 17.0 Å². The van der Waals surface area contributed by atoms with E-state index in [1.807, 2.05) is 25.2 Å². The van der Waals surface area contributed by atoms with E-state index in [0.717, 1.165) is 6.54 Å². The highest BCUT2D eigenvalue weighted by Gasteiger charge is 2.15. The van der Waals surface area contributed by atoms with E-state index in [-0.39, 0.29) is 18.4 Å². The van der Waals surface area contributed by atoms with Gasteiger partial charge in [0.2, 0.25) is 0 Å². The summed E-state index contributed by atoms with van der Waals surface area (Å²) in [6, 6.07) is 15.3. The van der Waals surface area contributed by atoms with Crippen LogP contribution < -0.4 is 21.9 Å². The summed E-state index contributed by atoms with van der Waals surface area (Å²) < 4.78 is 16.3. The van der Waals surface area contributed by atoms with Crippen LogP contribution >= 0.6 is 0 Å². The van der Waals surface area contributed by atoms with E-state index in [1.165, 1.54) is 5.56 Å². The fraction of sp³-hybridized carbons (Fsp3) is 0.316. The smallest absolute Gasteiger partial charge is 0.338 e. The minimum Gasteiger partial charge on any atom is -1.00 e. The number of rotatable bonds is 6. The number of nitrogens with zero attached hydrogens (tertiary/aromatic N) is 1. The van der Waals surface area contributed by atoms with Crippen LogP contribution in [0.25, 0.3) is 0 Å². The summed E-state index contributed by atoms with van der Waals surface area (Å²) >= 11 is 0. The molecule has 0 saturated heterocycles. The first-order chi connectivity index (χ1) is 11.7. The zero-order valence-corrected chi connectivity index (χ0v) is 14.9. The van der Waals surface area contributed by atoms with Gasteiger partial charge in [-0.15, -0.1) is 0 Å². The molecule has 1 aliphatic heterocycles. The van der Waals surface area contributed by atoms with Crippen LogP contribution in [0.2, 0.25) is 0 Å². The molecule has 134 valence electrons. The van der Waals surface area contributed by atoms with Crippen molar-refractivity contribution in [3.05, 3.63) is 59.7 Å². The van der Waals surface area contributed by atoms with E-state index in [1.54, 1.807) is 18.2 Å². The Labute approximate surface area is 153 Å². The van der Waals surface area contributed by atoms with Crippen LogP contribution in [-0.2, 0) is 11.3 Å². The van der Waals surface area contributed by atoms with Gasteiger partial charge in [-0.05, 0) is 30.8 Å². The molecule has 0 aromatic heterocycles. The van der Waals surface area contributed by atoms with E-state index in [0.29, 0.717) is 43.4 Å². The number of benzene rings is 2. The van der Waals surface area contributed by atoms with E-state index in [9.17, 15) is 4.79 Å². The fourth-order valence-electron chi connectivity index (χ4n) is 2.52. The zero-order chi connectivity index (χ0) is 16.8. The van der Waals surface area contributed by atoms with Gasteiger partial charge >= 0.3 is 5.97 Å². The molecular weight excluding hydrogens is 342 g/mol. The van der Waals surface area contributed by atoms with E-state index >= 15 is 0 Å². The standard InChI is InChI=1S/C19H21NO4.ClH/c1-20(14-15-5-3-2-4-6-15)9-10-24-19(21)16-7-8-17-18(13-16)23-12-11-22-17;/h2-8,13H,9-12,14H2,1H3;1H/p-1. The average molecular weight is 363 g/mol. The van der Waals surface area contributed by atoms with Gasteiger partial charge in [-0.25, -0.2) is 4.79 Å². The van der Waals surface area contributed by atoms with E-state index in [4.69, 9.17) is 14.2 Å². The minimum absolute atomic E-state index is 0. The van der Waals surface area contributed by atoms with Crippen molar-refractivity contribution in [2.45, 2.75) is 6.54 Å². The summed E-state index contributed by atoms with van der Waals surface area (Å²) in [4.78, 5) is 14.3. The number of ether oxygens (including phenoxy) is 3. The third-order valence-electron chi connectivity index (χ3n) is 3.78. The average Bonchev–Trinajstić information content (AvgIpc) is 2.62. The van der Waals surface area contributed by atoms with Gasteiger partial charge < -0.3 is 26.6 Å². The first-order valence-electron chi connectivity index (χ1n) is 8.01. The first kappa shape index (κ1) is 19.1. The Hall–Kier alpha value is -2.24. The molecule has 0 fully saturated rings. The number of hydrogen-bond acceptors (Lipinski definition) is 5. The van der Waals surface area contributed by atoms with Crippen LogP contribution in [0.4, 0.5) is 0 Å². The third kappa shape index (κ3) is 5.37. The Morgan fingerprint density at radius 3 is 2.56 bits per heavy atom. The van der Waals surface area contributed by atoms with Gasteiger partial charge in [-0.1, -0.05) is 30.3 Å². The molecular formula is C19H21ClNO4-. The van der Waals surface area contributed by atoms with Gasteiger partial charge in [0, 0.05) is 13.1 Å². The molecule has 1 heterocycles. The largest absolute Gasteiger partial charge is 1.00 e. The summed E-state index contributed by atoms with van der Waals surface area (Å²) in [5, 5.41) is 0. The third-order valence-corrected chi connectivity index (χ3v) is 3.78. The Morgan fingerprint density at radius 1 is 1.08 bits per heavy atom. The monoisotopic (exact) mass is 362 g/mol. The van der Waals surface area contributed by atoms with Crippen LogP contribution in [0.3, 0.4) is 0 Å². The van der Waals surface area contributed by atoms with Crippen molar-refractivity contribution in [1.29, 1.82) is 0 Å². The number of likely N-dealkylation sites (N-methyl/N-ethyl adjacent to an activating group) is 1. The second kappa shape index (κ2) is 9.30. The van der Waals surface area contributed by atoms with Crippen molar-refractivity contribution in [2.24, 2.45) is 0 Å². The maximum Gasteiger partial charge on any atom is 0.338 e. The molecule has 1 aliphatic rings. The molecule has 0 spiro atoms. The van der Waals surface area contributed by atoms with Crippen LogP contribution in [0, 0.1) is 0 Å². The highest BCUT2D eigenvalue weighted by atomic mass is 35.5. The number of carbonyl (C=O) groups excluding carboxylic acids is 1. The summed E-state index contributed by atoms with van der Waals surface area (Å²) in [5.41, 5.74) is 1.71. The van der Waals surface area contributed by atoms with Crippen molar-refractivity contribution in [2.75, 3.05) is 33.4 Å². The van der Waals surface area contributed by atoms with Gasteiger partial charge in [0.05, 0.1) is 5.56 Å². The molecule has 0 aliphatic carbocycles. The maximum absolute atomic E-state index is 12.1. The van der Waals surface area contributed by atoms with Gasteiger partial charge in [-0.3, -0.25) is 4.90 Å². The molecule has 25 heavy (non-hydrogen) atoms. The van der Waals surface area contributed by atoms with Crippen molar-refractivity contribution < 1.29 is 31.4 Å². The minimum atomic E-state index is -0.347. The van der Waals surface area contributed by atoms with Crippen molar-refractivity contribution in [1.82, 2.24) is 4.90 Å². The van der Waals surface area contributed by atoms with Crippen LogP contribution in [0.5, 0.6) is 11.5 Å². The van der Waals surface area contributed by atoms with Gasteiger partial charge in [0.15, 0.2) is 11.5 Å². The van der Waals surface area contributed by atoms with E-state index < -0.39 is 0 Å². The molecule has 2 aromatic carbocycles. The number of esters is 1. The number of fused-ring (bicyclic) bond motifs is 1. The fourth-order valence-corrected chi connectivity index (χ4v) is 2.52. The second-order valence-electron chi connectivity index (χ2n) is 5.72. The molecule has 0 unspecified atom stereocenters. The van der Waals surface area contributed by atoms with Crippen molar-refractivity contribution in [3.8, 4) is 11.5 Å². The van der Waals surface area contributed by atoms with Gasteiger partial charge in [0.25, 0.3) is 0 Å². The molecule has 2 aromatic rings. The zero-order valence-electron chi connectivity index (χ0n) is 14.1. The lowest BCUT2D eigenvalue weighted by Crippen LogP contribution is -3.00. The topological polar surface area (TPSA) is 48.0 Å². The van der Waals surface area contributed by atoms with Crippen LogP contribution in [-0.4, -0.2) is 44.3 Å². The lowest BCUT2D eigenvalue weighted by Gasteiger charge is -2.19. The lowest BCUT2D eigenvalue weighted by molar-refractivity contribution is -0.0000249. The summed E-state index contributed by atoms with van der Waals surface area (Å²) in [6.45, 7) is 2.87. The number of halogens is 1. The summed E-state index contributed by atoms with van der Waals surface area (Å²) in [6.07, 6.45) is 0. The quantitative estimate of drug-likeness (QED) is 0.663. The maximum atomic E-state index is 12.1. The molecule has 0 bridgehead atoms. The second-order valence-corrected chi connectivity index (χ2v) is 5.72. The highest BCUT2D eigenvalue weighted by molar-refractivity contribution is 5.90. The summed E-state index contributed by atoms with van der Waals surface area (Å²) in [7, 11) is 2.00. The molecule has 6 heteroatoms. The van der Waals surface area contributed by atoms with Crippen LogP contribution in [0.1, 0.15) is 15.9 Å². The van der Waals surface area contributed by atoms with Crippen molar-refractivity contribution in [3.63, 3.8) is 0 Å². The predicted molar refractivity (Wildman–Crippen MR) is 90.5 cm³/mol. The molecule has 5 nitrogen and oxygen atoms in total. The lowest BCUT2D eigenvalue weighted by atomic mass is 10.2. The molecule has 0 N–H and O–H groups in total. The molecule has 0 atom stereocenters. The Balaban J connectivity index is 0.00000225. The summed E-state index contributed by atoms with van der Waals surface area (Å²) in [5.74, 6) is 0.914. The molecule has 0 saturated carbocycles. The van der Waals surface area contributed by atoms with Gasteiger partial charge in [0.1, 0.15) is 19.8 Å². The Morgan fingerprint density at radius 2 is 1.80 bits per heavy atom. The Kier molecular flexibility index (Phi) is 7.10. The molecule has 3 rings (SSSR count). The molecule has 0 amide bonds. The Bertz CT molecular complexity index is 693. The normalized spacial score (nSPS) is 12.4. The SMILES string of the molecule is CN(CCOC(=O)c1ccc2c(c1)OCCO2)Cc1ccccc1.[Cl-]. The number of hydrogen-bond donors (Lipinski definition) is 0. The number of carbonyl (C=O) groups is 1. The van der Waals surface area contributed by atoms with Crippen molar-refractivity contribution >= 4 is 5.97 Å². The van der Waals surface area contributed by atoms with Gasteiger partial charge in [-0.2, -0.15) is 0 Å².